The fourth-order valence-corrected chi connectivity index (χ4v) is 3.83. The number of aromatic nitrogens is 2. The van der Waals surface area contributed by atoms with Gasteiger partial charge in [-0.3, -0.25) is 4.79 Å². The van der Waals surface area contributed by atoms with Crippen molar-refractivity contribution in [3.8, 4) is 11.8 Å². The van der Waals surface area contributed by atoms with Gasteiger partial charge in [0.1, 0.15) is 16.8 Å². The van der Waals surface area contributed by atoms with Crippen LogP contribution in [0, 0.1) is 18.3 Å². The predicted molar refractivity (Wildman–Crippen MR) is 99.2 cm³/mol. The number of aryl methyl sites for hydroxylation is 1. The molecule has 0 radical (unpaired) electrons. The number of pyridine rings is 1. The summed E-state index contributed by atoms with van der Waals surface area (Å²) >= 11 is 2.62. The van der Waals surface area contributed by atoms with Crippen molar-refractivity contribution in [1.82, 2.24) is 9.97 Å². The molecule has 0 spiro atoms. The summed E-state index contributed by atoms with van der Waals surface area (Å²) in [7, 11) is 1.61. The molecule has 8 heteroatoms. The second kappa shape index (κ2) is 7.51. The first-order valence-corrected chi connectivity index (χ1v) is 9.14. The maximum Gasteiger partial charge on any atom is 0.236 e. The van der Waals surface area contributed by atoms with Crippen molar-refractivity contribution in [2.24, 2.45) is 0 Å². The van der Waals surface area contributed by atoms with E-state index >= 15 is 0 Å². The number of methoxy groups -OCH3 is 1. The highest BCUT2D eigenvalue weighted by atomic mass is 32.2. The van der Waals surface area contributed by atoms with Crippen LogP contribution < -0.4 is 10.1 Å². The van der Waals surface area contributed by atoms with Crippen LogP contribution in [-0.4, -0.2) is 28.7 Å². The number of ether oxygens (including phenoxy) is 1. The van der Waals surface area contributed by atoms with Gasteiger partial charge in [-0.15, -0.1) is 0 Å². The number of rotatable bonds is 5. The van der Waals surface area contributed by atoms with E-state index in [0.29, 0.717) is 15.7 Å². The van der Waals surface area contributed by atoms with Gasteiger partial charge in [0, 0.05) is 5.69 Å². The van der Waals surface area contributed by atoms with Crippen LogP contribution in [0.1, 0.15) is 11.3 Å². The molecule has 0 aliphatic carbocycles. The number of thioether (sulfide) groups is 1. The van der Waals surface area contributed by atoms with E-state index in [1.54, 1.807) is 19.2 Å². The Labute approximate surface area is 152 Å². The van der Waals surface area contributed by atoms with Crippen LogP contribution in [0.15, 0.2) is 35.4 Å². The number of carbonyl (C=O) groups is 1. The standard InChI is InChI=1S/C17H14N4O2S2/c1-10-3-4-11(8-18)16(19-10)24-9-15(22)21-17-20-13-6-5-12(23-2)7-14(13)25-17/h3-7H,9H2,1-2H3,(H,20,21,22). The molecule has 0 aliphatic heterocycles. The predicted octanol–water partition coefficient (Wildman–Crippen LogP) is 3.61. The van der Waals surface area contributed by atoms with Gasteiger partial charge >= 0.3 is 0 Å². The first kappa shape index (κ1) is 17.2. The third-order valence-corrected chi connectivity index (χ3v) is 5.23. The number of nitrogens with one attached hydrogen (secondary N) is 1. The van der Waals surface area contributed by atoms with Crippen LogP contribution in [0.4, 0.5) is 5.13 Å². The minimum absolute atomic E-state index is 0.157. The van der Waals surface area contributed by atoms with Crippen molar-refractivity contribution in [2.75, 3.05) is 18.2 Å². The Morgan fingerprint density at radius 2 is 2.20 bits per heavy atom. The fraction of sp³-hybridized carbons (Fsp3) is 0.176. The molecule has 0 saturated carbocycles. The first-order valence-electron chi connectivity index (χ1n) is 7.34. The normalized spacial score (nSPS) is 10.4. The van der Waals surface area contributed by atoms with Crippen molar-refractivity contribution in [1.29, 1.82) is 5.26 Å². The molecule has 1 aromatic carbocycles. The van der Waals surface area contributed by atoms with Crippen LogP contribution in [0.25, 0.3) is 10.2 Å². The van der Waals surface area contributed by atoms with Crippen LogP contribution >= 0.6 is 23.1 Å². The second-order valence-electron chi connectivity index (χ2n) is 5.11. The quantitative estimate of drug-likeness (QED) is 0.690. The summed E-state index contributed by atoms with van der Waals surface area (Å²) in [5, 5.41) is 13.0. The van der Waals surface area contributed by atoms with E-state index in [-0.39, 0.29) is 11.7 Å². The Kier molecular flexibility index (Phi) is 5.16. The number of fused-ring (bicyclic) bond motifs is 1. The van der Waals surface area contributed by atoms with Gasteiger partial charge < -0.3 is 10.1 Å². The smallest absolute Gasteiger partial charge is 0.236 e. The molecule has 126 valence electrons. The topological polar surface area (TPSA) is 87.9 Å². The zero-order chi connectivity index (χ0) is 17.8. The monoisotopic (exact) mass is 370 g/mol. The summed E-state index contributed by atoms with van der Waals surface area (Å²) < 4.78 is 6.13. The summed E-state index contributed by atoms with van der Waals surface area (Å²) in [5.74, 6) is 0.715. The van der Waals surface area contributed by atoms with E-state index in [9.17, 15) is 4.79 Å². The molecule has 0 unspecified atom stereocenters. The van der Waals surface area contributed by atoms with E-state index in [0.717, 1.165) is 21.7 Å². The molecular weight excluding hydrogens is 356 g/mol. The Morgan fingerprint density at radius 1 is 1.36 bits per heavy atom. The van der Waals surface area contributed by atoms with Crippen molar-refractivity contribution in [2.45, 2.75) is 11.9 Å². The van der Waals surface area contributed by atoms with Crippen LogP contribution in [-0.2, 0) is 4.79 Å². The minimum atomic E-state index is -0.191. The average Bonchev–Trinajstić information content (AvgIpc) is 3.01. The van der Waals surface area contributed by atoms with Gasteiger partial charge in [0.15, 0.2) is 5.13 Å². The lowest BCUT2D eigenvalue weighted by atomic mass is 10.3. The van der Waals surface area contributed by atoms with Crippen molar-refractivity contribution in [3.63, 3.8) is 0 Å². The summed E-state index contributed by atoms with van der Waals surface area (Å²) in [4.78, 5) is 20.9. The van der Waals surface area contributed by atoms with Gasteiger partial charge in [0.2, 0.25) is 5.91 Å². The zero-order valence-electron chi connectivity index (χ0n) is 13.6. The summed E-state index contributed by atoms with van der Waals surface area (Å²) in [5.41, 5.74) is 2.08. The number of nitrogens with zero attached hydrogens (tertiary/aromatic N) is 3. The molecule has 2 heterocycles. The molecule has 0 fully saturated rings. The molecule has 0 aliphatic rings. The number of nitriles is 1. The Hall–Kier alpha value is -2.63. The van der Waals surface area contributed by atoms with E-state index in [2.05, 4.69) is 21.4 Å². The fourth-order valence-electron chi connectivity index (χ4n) is 2.10. The van der Waals surface area contributed by atoms with Gasteiger partial charge in [-0.05, 0) is 37.3 Å². The molecule has 3 aromatic rings. The van der Waals surface area contributed by atoms with Gasteiger partial charge in [-0.25, -0.2) is 9.97 Å². The van der Waals surface area contributed by atoms with Crippen molar-refractivity contribution >= 4 is 44.4 Å². The molecular formula is C17H14N4O2S2. The maximum absolute atomic E-state index is 12.2. The van der Waals surface area contributed by atoms with E-state index in [1.807, 2.05) is 25.1 Å². The molecule has 1 amide bonds. The molecule has 1 N–H and O–H groups in total. The number of hydrogen-bond acceptors (Lipinski definition) is 7. The van der Waals surface area contributed by atoms with Gasteiger partial charge in [-0.1, -0.05) is 23.1 Å². The Balaban J connectivity index is 1.67. The van der Waals surface area contributed by atoms with Crippen LogP contribution in [0.5, 0.6) is 5.75 Å². The van der Waals surface area contributed by atoms with Crippen molar-refractivity contribution < 1.29 is 9.53 Å². The Morgan fingerprint density at radius 3 is 2.96 bits per heavy atom. The maximum atomic E-state index is 12.2. The molecule has 25 heavy (non-hydrogen) atoms. The molecule has 6 nitrogen and oxygen atoms in total. The third kappa shape index (κ3) is 4.07. The molecule has 2 aromatic heterocycles. The number of benzene rings is 1. The number of anilines is 1. The minimum Gasteiger partial charge on any atom is -0.497 e. The molecule has 3 rings (SSSR count). The van der Waals surface area contributed by atoms with Crippen molar-refractivity contribution in [3.05, 3.63) is 41.6 Å². The summed E-state index contributed by atoms with van der Waals surface area (Å²) in [6.45, 7) is 1.85. The van der Waals surface area contributed by atoms with Crippen LogP contribution in [0.3, 0.4) is 0 Å². The number of amides is 1. The lowest BCUT2D eigenvalue weighted by Crippen LogP contribution is -2.14. The average molecular weight is 370 g/mol. The second-order valence-corrected chi connectivity index (χ2v) is 7.10. The summed E-state index contributed by atoms with van der Waals surface area (Å²) in [6, 6.07) is 11.1. The molecule has 0 bridgehead atoms. The van der Waals surface area contributed by atoms with Crippen LogP contribution in [0.2, 0.25) is 0 Å². The van der Waals surface area contributed by atoms with Gasteiger partial charge in [0.25, 0.3) is 0 Å². The first-order chi connectivity index (χ1) is 12.1. The Bertz CT molecular complexity index is 978. The summed E-state index contributed by atoms with van der Waals surface area (Å²) in [6.07, 6.45) is 0. The highest BCUT2D eigenvalue weighted by Crippen LogP contribution is 2.29. The SMILES string of the molecule is COc1ccc2nc(NC(=O)CSc3nc(C)ccc3C#N)sc2c1. The lowest BCUT2D eigenvalue weighted by Gasteiger charge is -2.04. The lowest BCUT2D eigenvalue weighted by molar-refractivity contribution is -0.113. The van der Waals surface area contributed by atoms with Gasteiger partial charge in [0.05, 0.1) is 28.6 Å². The highest BCUT2D eigenvalue weighted by Gasteiger charge is 2.11. The van der Waals surface area contributed by atoms with Gasteiger partial charge in [-0.2, -0.15) is 5.26 Å². The largest absolute Gasteiger partial charge is 0.497 e. The van der Waals surface area contributed by atoms with E-state index in [4.69, 9.17) is 10.00 Å². The third-order valence-electron chi connectivity index (χ3n) is 3.30. The molecule has 0 atom stereocenters. The van der Waals surface area contributed by atoms with E-state index < -0.39 is 0 Å². The molecule has 0 saturated heterocycles. The highest BCUT2D eigenvalue weighted by molar-refractivity contribution is 8.00. The number of hydrogen-bond donors (Lipinski definition) is 1. The zero-order valence-corrected chi connectivity index (χ0v) is 15.2. The van der Waals surface area contributed by atoms with E-state index in [1.165, 1.54) is 23.1 Å². The number of carbonyl (C=O) groups excluding carboxylic acids is 1. The number of thiazole rings is 1.